The van der Waals surface area contributed by atoms with E-state index in [1.807, 2.05) is 68.4 Å². The van der Waals surface area contributed by atoms with Gasteiger partial charge >= 0.3 is 19.6 Å². The van der Waals surface area contributed by atoms with Gasteiger partial charge in [0.1, 0.15) is 18.9 Å². The van der Waals surface area contributed by atoms with Gasteiger partial charge in [0.05, 0.1) is 0 Å². The summed E-state index contributed by atoms with van der Waals surface area (Å²) < 4.78 is 17.3. The van der Waals surface area contributed by atoms with Crippen LogP contribution in [-0.2, 0) is 33.7 Å². The maximum Gasteiger partial charge on any atom is 0.344 e. The molecular formula is C24H31N2O6P. The van der Waals surface area contributed by atoms with Gasteiger partial charge in [0.25, 0.3) is 0 Å². The first-order chi connectivity index (χ1) is 15.6. The number of nitrogens with zero attached hydrogens (tertiary/aromatic N) is 2. The Balaban J connectivity index is 1.84. The van der Waals surface area contributed by atoms with E-state index < -0.39 is 31.9 Å². The van der Waals surface area contributed by atoms with Crippen LogP contribution in [0.4, 0.5) is 4.79 Å². The number of fused-ring (bicyclic) bond motifs is 1. The van der Waals surface area contributed by atoms with Crippen molar-refractivity contribution in [2.24, 2.45) is 5.92 Å². The molecule has 1 atom stereocenters. The Bertz CT molecular complexity index is 1010. The molecule has 2 aromatic carbocycles. The van der Waals surface area contributed by atoms with Crippen LogP contribution in [0.15, 0.2) is 54.6 Å². The molecule has 9 heteroatoms. The van der Waals surface area contributed by atoms with Crippen molar-refractivity contribution in [1.29, 1.82) is 0 Å². The van der Waals surface area contributed by atoms with Crippen molar-refractivity contribution < 1.29 is 28.7 Å². The van der Waals surface area contributed by atoms with E-state index in [9.17, 15) is 23.9 Å². The van der Waals surface area contributed by atoms with Crippen molar-refractivity contribution >= 4 is 19.6 Å². The minimum absolute atomic E-state index is 0.0827. The van der Waals surface area contributed by atoms with E-state index >= 15 is 0 Å². The molecule has 2 amide bonds. The van der Waals surface area contributed by atoms with Crippen LogP contribution < -0.4 is 0 Å². The fraction of sp³-hybridized carbons (Fsp3) is 0.417. The molecule has 0 saturated carbocycles. The summed E-state index contributed by atoms with van der Waals surface area (Å²) in [6.07, 6.45) is 0.172. The minimum Gasteiger partial charge on any atom is -0.459 e. The van der Waals surface area contributed by atoms with Gasteiger partial charge in [0.15, 0.2) is 0 Å². The minimum atomic E-state index is -4.49. The van der Waals surface area contributed by atoms with Gasteiger partial charge in [-0.25, -0.2) is 9.59 Å². The van der Waals surface area contributed by atoms with Crippen molar-refractivity contribution in [1.82, 2.24) is 9.80 Å². The molecule has 8 nitrogen and oxygen atoms in total. The zero-order valence-corrected chi connectivity index (χ0v) is 19.9. The van der Waals surface area contributed by atoms with Crippen LogP contribution in [0.5, 0.6) is 0 Å². The quantitative estimate of drug-likeness (QED) is 0.446. The van der Waals surface area contributed by atoms with Crippen molar-refractivity contribution in [2.45, 2.75) is 45.9 Å². The Labute approximate surface area is 194 Å². The maximum atomic E-state index is 13.5. The zero-order valence-electron chi connectivity index (χ0n) is 19.0. The van der Waals surface area contributed by atoms with Crippen molar-refractivity contribution in [3.8, 4) is 0 Å². The van der Waals surface area contributed by atoms with E-state index in [1.165, 1.54) is 4.90 Å². The highest BCUT2D eigenvalue weighted by molar-refractivity contribution is 7.51. The van der Waals surface area contributed by atoms with Gasteiger partial charge in [-0.05, 0) is 29.0 Å². The van der Waals surface area contributed by atoms with Crippen LogP contribution >= 0.6 is 7.60 Å². The summed E-state index contributed by atoms with van der Waals surface area (Å²) in [5, 5.41) is 0. The van der Waals surface area contributed by atoms with Crippen LogP contribution in [0.1, 0.15) is 37.0 Å². The number of carbonyl (C=O) groups excluding carboxylic acids is 2. The smallest absolute Gasteiger partial charge is 0.344 e. The Kier molecular flexibility index (Phi) is 8.30. The van der Waals surface area contributed by atoms with E-state index in [-0.39, 0.29) is 32.0 Å². The summed E-state index contributed by atoms with van der Waals surface area (Å²) in [4.78, 5) is 48.2. The molecule has 1 aliphatic heterocycles. The molecule has 33 heavy (non-hydrogen) atoms. The van der Waals surface area contributed by atoms with E-state index in [4.69, 9.17) is 4.74 Å². The SMILES string of the molecule is CC(C)CCN(CP(=O)(O)O)C(=O)N1Cc2ccccc2CC1C(=O)OCc1ccccc1. The highest BCUT2D eigenvalue weighted by Gasteiger charge is 2.38. The number of ether oxygens (including phenoxy) is 1. The van der Waals surface area contributed by atoms with E-state index in [0.717, 1.165) is 21.6 Å². The first-order valence-corrected chi connectivity index (χ1v) is 12.8. The number of benzene rings is 2. The lowest BCUT2D eigenvalue weighted by atomic mass is 9.94. The molecule has 0 aromatic heterocycles. The van der Waals surface area contributed by atoms with Crippen LogP contribution in [0.2, 0.25) is 0 Å². The second-order valence-corrected chi connectivity index (χ2v) is 10.4. The number of amides is 2. The Morgan fingerprint density at radius 1 is 1.09 bits per heavy atom. The average Bonchev–Trinajstić information content (AvgIpc) is 2.78. The van der Waals surface area contributed by atoms with Crippen LogP contribution in [0, 0.1) is 5.92 Å². The monoisotopic (exact) mass is 474 g/mol. The first-order valence-electron chi connectivity index (χ1n) is 11.0. The van der Waals surface area contributed by atoms with Gasteiger partial charge in [-0.3, -0.25) is 4.57 Å². The summed E-state index contributed by atoms with van der Waals surface area (Å²) in [5.74, 6) is -0.299. The van der Waals surface area contributed by atoms with Gasteiger partial charge in [-0.15, -0.1) is 0 Å². The molecule has 1 aliphatic rings. The normalized spacial score (nSPS) is 15.8. The lowest BCUT2D eigenvalue weighted by molar-refractivity contribution is -0.151. The predicted octanol–water partition coefficient (Wildman–Crippen LogP) is 3.76. The second-order valence-electron chi connectivity index (χ2n) is 8.74. The molecule has 0 bridgehead atoms. The summed E-state index contributed by atoms with van der Waals surface area (Å²) in [6, 6.07) is 15.4. The summed E-state index contributed by atoms with van der Waals surface area (Å²) in [5.41, 5.74) is 2.69. The number of urea groups is 1. The highest BCUT2D eigenvalue weighted by Crippen LogP contribution is 2.36. The molecule has 0 aliphatic carbocycles. The molecule has 1 unspecified atom stereocenters. The van der Waals surface area contributed by atoms with E-state index in [0.29, 0.717) is 6.42 Å². The third kappa shape index (κ3) is 7.16. The fourth-order valence-corrected chi connectivity index (χ4v) is 4.51. The van der Waals surface area contributed by atoms with Crippen molar-refractivity contribution in [2.75, 3.05) is 12.8 Å². The second kappa shape index (κ2) is 11.0. The zero-order chi connectivity index (χ0) is 24.0. The van der Waals surface area contributed by atoms with Gasteiger partial charge in [0.2, 0.25) is 0 Å². The number of carbonyl (C=O) groups is 2. The molecule has 0 spiro atoms. The van der Waals surface area contributed by atoms with Crippen LogP contribution in [-0.4, -0.2) is 50.5 Å². The average molecular weight is 474 g/mol. The van der Waals surface area contributed by atoms with Crippen molar-refractivity contribution in [3.05, 3.63) is 71.3 Å². The third-order valence-electron chi connectivity index (χ3n) is 5.59. The van der Waals surface area contributed by atoms with Gasteiger partial charge < -0.3 is 24.3 Å². The fourth-order valence-electron chi connectivity index (χ4n) is 3.80. The molecule has 0 radical (unpaired) electrons. The van der Waals surface area contributed by atoms with Crippen molar-refractivity contribution in [3.63, 3.8) is 0 Å². The summed E-state index contributed by atoms with van der Waals surface area (Å²) in [7, 11) is -4.49. The van der Waals surface area contributed by atoms with Crippen LogP contribution in [0.25, 0.3) is 0 Å². The molecule has 1 heterocycles. The molecule has 178 valence electrons. The largest absolute Gasteiger partial charge is 0.459 e. The van der Waals surface area contributed by atoms with Crippen LogP contribution in [0.3, 0.4) is 0 Å². The molecule has 2 N–H and O–H groups in total. The molecule has 3 rings (SSSR count). The highest BCUT2D eigenvalue weighted by atomic mass is 31.2. The molecule has 0 fully saturated rings. The van der Waals surface area contributed by atoms with Gasteiger partial charge in [-0.2, -0.15) is 0 Å². The topological polar surface area (TPSA) is 107 Å². The van der Waals surface area contributed by atoms with Gasteiger partial charge in [0, 0.05) is 19.5 Å². The Morgan fingerprint density at radius 2 is 1.73 bits per heavy atom. The van der Waals surface area contributed by atoms with Gasteiger partial charge in [-0.1, -0.05) is 68.4 Å². The first kappa shape index (κ1) is 25.0. The summed E-state index contributed by atoms with van der Waals surface area (Å²) >= 11 is 0. The number of rotatable bonds is 8. The predicted molar refractivity (Wildman–Crippen MR) is 124 cm³/mol. The summed E-state index contributed by atoms with van der Waals surface area (Å²) in [6.45, 7) is 4.38. The van der Waals surface area contributed by atoms with E-state index in [1.54, 1.807) is 0 Å². The maximum absolute atomic E-state index is 13.5. The number of esters is 1. The third-order valence-corrected chi connectivity index (χ3v) is 6.30. The number of hydrogen-bond donors (Lipinski definition) is 2. The molecular weight excluding hydrogens is 443 g/mol. The Morgan fingerprint density at radius 3 is 2.36 bits per heavy atom. The number of hydrogen-bond acceptors (Lipinski definition) is 4. The standard InChI is InChI=1S/C24H31N2O6P/c1-18(2)12-13-25(17-33(29,30)31)24(28)26-15-21-11-7-6-10-20(21)14-22(26)23(27)32-16-19-8-4-3-5-9-19/h3-11,18,22H,12-17H2,1-2H3,(H2,29,30,31). The van der Waals surface area contributed by atoms with E-state index in [2.05, 4.69) is 0 Å². The molecule has 0 saturated heterocycles. The Hall–Kier alpha value is -2.67. The lowest BCUT2D eigenvalue weighted by Gasteiger charge is -2.38. The lowest BCUT2D eigenvalue weighted by Crippen LogP contribution is -2.54. The molecule has 2 aromatic rings.